The number of benzene rings is 1. The molecule has 1 atom stereocenters. The summed E-state index contributed by atoms with van der Waals surface area (Å²) in [5.41, 5.74) is 10.4. The van der Waals surface area contributed by atoms with Crippen molar-refractivity contribution in [2.45, 2.75) is 70.4 Å². The Hall–Kier alpha value is -2.40. The van der Waals surface area contributed by atoms with Crippen molar-refractivity contribution in [1.29, 1.82) is 0 Å². The monoisotopic (exact) mass is 432 g/mol. The lowest BCUT2D eigenvalue weighted by Gasteiger charge is -2.56. The van der Waals surface area contributed by atoms with Crippen molar-refractivity contribution in [3.8, 4) is 0 Å². The van der Waals surface area contributed by atoms with Crippen LogP contribution in [-0.2, 0) is 0 Å². The molecule has 1 aromatic heterocycles. The van der Waals surface area contributed by atoms with Crippen LogP contribution in [0.3, 0.4) is 0 Å². The van der Waals surface area contributed by atoms with Crippen LogP contribution < -0.4 is 10.6 Å². The van der Waals surface area contributed by atoms with E-state index in [1.165, 1.54) is 50.6 Å². The highest BCUT2D eigenvalue weighted by atomic mass is 16.1. The Morgan fingerprint density at radius 2 is 1.84 bits per heavy atom. The van der Waals surface area contributed by atoms with Crippen LogP contribution in [0.2, 0.25) is 0 Å². The molecule has 2 saturated heterocycles. The van der Waals surface area contributed by atoms with Crippen LogP contribution in [0.25, 0.3) is 0 Å². The summed E-state index contributed by atoms with van der Waals surface area (Å²) in [6.07, 6.45) is 9.62. The van der Waals surface area contributed by atoms with Crippen molar-refractivity contribution in [3.63, 3.8) is 0 Å². The number of piperidine rings is 1. The van der Waals surface area contributed by atoms with Crippen LogP contribution in [-0.4, -0.2) is 41.5 Å². The predicted octanol–water partition coefficient (Wildman–Crippen LogP) is 4.89. The van der Waals surface area contributed by atoms with Crippen molar-refractivity contribution < 1.29 is 4.79 Å². The minimum atomic E-state index is -0.467. The summed E-state index contributed by atoms with van der Waals surface area (Å²) in [4.78, 5) is 20.7. The molecule has 5 rings (SSSR count). The first-order valence-corrected chi connectivity index (χ1v) is 12.3. The van der Waals surface area contributed by atoms with Gasteiger partial charge in [0, 0.05) is 25.2 Å². The Labute approximate surface area is 192 Å². The smallest absolute Gasteiger partial charge is 0.267 e. The Morgan fingerprint density at radius 1 is 1.09 bits per heavy atom. The molecular weight excluding hydrogens is 396 g/mol. The van der Waals surface area contributed by atoms with Crippen LogP contribution in [0.4, 0.5) is 5.69 Å². The first-order chi connectivity index (χ1) is 15.5. The van der Waals surface area contributed by atoms with Crippen molar-refractivity contribution in [2.75, 3.05) is 24.5 Å². The topological polar surface area (TPSA) is 62.5 Å². The number of hydrogen-bond donors (Lipinski definition) is 1. The number of nitrogens with zero attached hydrogens (tertiary/aromatic N) is 3. The van der Waals surface area contributed by atoms with Gasteiger partial charge in [0.15, 0.2) is 0 Å². The highest BCUT2D eigenvalue weighted by Gasteiger charge is 2.49. The number of primary amides is 1. The molecule has 5 heteroatoms. The average Bonchev–Trinajstić information content (AvgIpc) is 3.27. The SMILES string of the molecule is CC(C)c1ccccc1C1CCCN1C1CC2(CCN(c3ccc(C(N)=O)nc3)CC2)C1. The first-order valence-electron chi connectivity index (χ1n) is 12.3. The standard InChI is InChI=1S/C27H36N4O/c1-19(2)22-6-3-4-7-23(22)25-8-5-13-31(25)21-16-27(17-21)11-14-30(15-12-27)20-9-10-24(26(28)32)29-18-20/h3-4,6-7,9-10,18-19,21,25H,5,8,11-17H2,1-2H3,(H2,28,32). The lowest BCUT2D eigenvalue weighted by atomic mass is 9.59. The Morgan fingerprint density at radius 3 is 2.50 bits per heavy atom. The van der Waals surface area contributed by atoms with Gasteiger partial charge in [-0.1, -0.05) is 38.1 Å². The van der Waals surface area contributed by atoms with E-state index in [0.717, 1.165) is 24.8 Å². The number of amides is 1. The fraction of sp³-hybridized carbons (Fsp3) is 0.556. The van der Waals surface area contributed by atoms with Crippen LogP contribution in [0, 0.1) is 5.41 Å². The van der Waals surface area contributed by atoms with E-state index < -0.39 is 5.91 Å². The normalized spacial score (nSPS) is 23.6. The van der Waals surface area contributed by atoms with Crippen molar-refractivity contribution in [3.05, 3.63) is 59.4 Å². The van der Waals surface area contributed by atoms with Gasteiger partial charge in [0.25, 0.3) is 5.91 Å². The molecular formula is C27H36N4O. The molecule has 2 N–H and O–H groups in total. The van der Waals surface area contributed by atoms with Gasteiger partial charge in [0.1, 0.15) is 5.69 Å². The zero-order valence-corrected chi connectivity index (χ0v) is 19.5. The zero-order valence-electron chi connectivity index (χ0n) is 19.5. The number of pyridine rings is 1. The first kappa shape index (κ1) is 21.4. The molecule has 5 nitrogen and oxygen atoms in total. The summed E-state index contributed by atoms with van der Waals surface area (Å²) in [5.74, 6) is 0.114. The molecule has 0 bridgehead atoms. The van der Waals surface area contributed by atoms with E-state index in [0.29, 0.717) is 23.1 Å². The maximum absolute atomic E-state index is 11.3. The van der Waals surface area contributed by atoms with E-state index in [1.807, 2.05) is 6.07 Å². The highest BCUT2D eigenvalue weighted by Crippen LogP contribution is 2.54. The predicted molar refractivity (Wildman–Crippen MR) is 129 cm³/mol. The zero-order chi connectivity index (χ0) is 22.3. The lowest BCUT2D eigenvalue weighted by Crippen LogP contribution is -2.55. The fourth-order valence-electron chi connectivity index (χ4n) is 6.44. The second-order valence-corrected chi connectivity index (χ2v) is 10.5. The number of aromatic nitrogens is 1. The van der Waals surface area contributed by atoms with Gasteiger partial charge in [0.05, 0.1) is 11.9 Å². The van der Waals surface area contributed by atoms with Crippen LogP contribution in [0.1, 0.15) is 85.9 Å². The van der Waals surface area contributed by atoms with Gasteiger partial charge < -0.3 is 10.6 Å². The highest BCUT2D eigenvalue weighted by molar-refractivity contribution is 5.90. The van der Waals surface area contributed by atoms with Crippen LogP contribution in [0.15, 0.2) is 42.6 Å². The number of carbonyl (C=O) groups is 1. The maximum atomic E-state index is 11.3. The molecule has 2 aliphatic heterocycles. The number of carbonyl (C=O) groups excluding carboxylic acids is 1. The fourth-order valence-corrected chi connectivity index (χ4v) is 6.44. The van der Waals surface area contributed by atoms with E-state index in [9.17, 15) is 4.79 Å². The quantitative estimate of drug-likeness (QED) is 0.731. The molecule has 1 aromatic carbocycles. The minimum Gasteiger partial charge on any atom is -0.370 e. The number of rotatable bonds is 5. The minimum absolute atomic E-state index is 0.336. The summed E-state index contributed by atoms with van der Waals surface area (Å²) >= 11 is 0. The van der Waals surface area contributed by atoms with E-state index in [1.54, 1.807) is 17.8 Å². The number of nitrogens with two attached hydrogens (primary N) is 1. The van der Waals surface area contributed by atoms with Crippen molar-refractivity contribution >= 4 is 11.6 Å². The summed E-state index contributed by atoms with van der Waals surface area (Å²) in [7, 11) is 0. The van der Waals surface area contributed by atoms with Gasteiger partial charge in [-0.3, -0.25) is 9.69 Å². The van der Waals surface area contributed by atoms with E-state index >= 15 is 0 Å². The van der Waals surface area contributed by atoms with Gasteiger partial charge in [-0.2, -0.15) is 0 Å². The molecule has 1 saturated carbocycles. The second-order valence-electron chi connectivity index (χ2n) is 10.5. The largest absolute Gasteiger partial charge is 0.370 e. The molecule has 1 aliphatic carbocycles. The number of likely N-dealkylation sites (tertiary alicyclic amines) is 1. The molecule has 170 valence electrons. The molecule has 2 aromatic rings. The van der Waals surface area contributed by atoms with Gasteiger partial charge >= 0.3 is 0 Å². The van der Waals surface area contributed by atoms with Gasteiger partial charge in [0.2, 0.25) is 0 Å². The molecule has 1 unspecified atom stereocenters. The Balaban J connectivity index is 1.20. The average molecular weight is 433 g/mol. The third-order valence-electron chi connectivity index (χ3n) is 8.27. The van der Waals surface area contributed by atoms with Crippen molar-refractivity contribution in [1.82, 2.24) is 9.88 Å². The maximum Gasteiger partial charge on any atom is 0.267 e. The summed E-state index contributed by atoms with van der Waals surface area (Å²) in [6, 6.07) is 14.2. The van der Waals surface area contributed by atoms with Gasteiger partial charge in [-0.25, -0.2) is 4.98 Å². The van der Waals surface area contributed by atoms with E-state index in [2.05, 4.69) is 52.9 Å². The third-order valence-corrected chi connectivity index (χ3v) is 8.27. The van der Waals surface area contributed by atoms with E-state index in [4.69, 9.17) is 5.73 Å². The van der Waals surface area contributed by atoms with Gasteiger partial charge in [-0.15, -0.1) is 0 Å². The van der Waals surface area contributed by atoms with Crippen LogP contribution >= 0.6 is 0 Å². The summed E-state index contributed by atoms with van der Waals surface area (Å²) in [6.45, 7) is 8.04. The Bertz CT molecular complexity index is 954. The molecule has 1 amide bonds. The third kappa shape index (κ3) is 3.92. The van der Waals surface area contributed by atoms with Gasteiger partial charge in [-0.05, 0) is 79.7 Å². The molecule has 0 radical (unpaired) electrons. The van der Waals surface area contributed by atoms with Crippen LogP contribution in [0.5, 0.6) is 0 Å². The molecule has 1 spiro atoms. The second kappa shape index (κ2) is 8.51. The summed E-state index contributed by atoms with van der Waals surface area (Å²) < 4.78 is 0. The van der Waals surface area contributed by atoms with Crippen molar-refractivity contribution in [2.24, 2.45) is 11.1 Å². The number of anilines is 1. The lowest BCUT2D eigenvalue weighted by molar-refractivity contribution is -0.0227. The molecule has 32 heavy (non-hydrogen) atoms. The Kier molecular flexibility index (Phi) is 5.70. The summed E-state index contributed by atoms with van der Waals surface area (Å²) in [5, 5.41) is 0. The van der Waals surface area contributed by atoms with E-state index in [-0.39, 0.29) is 0 Å². The number of hydrogen-bond acceptors (Lipinski definition) is 4. The molecule has 3 aliphatic rings. The molecule has 3 fully saturated rings. The molecule has 3 heterocycles.